The van der Waals surface area contributed by atoms with Crippen LogP contribution in [-0.4, -0.2) is 24.3 Å². The number of fused-ring (bicyclic) bond motifs is 1. The molecule has 1 aliphatic carbocycles. The molecule has 1 N–H and O–H groups in total. The van der Waals surface area contributed by atoms with Crippen LogP contribution in [0.25, 0.3) is 0 Å². The minimum atomic E-state index is -3.14. The van der Waals surface area contributed by atoms with Gasteiger partial charge >= 0.3 is 5.97 Å². The number of benzene rings is 1. The molecule has 0 aromatic heterocycles. The van der Waals surface area contributed by atoms with Crippen molar-refractivity contribution >= 4 is 5.97 Å². The van der Waals surface area contributed by atoms with Crippen molar-refractivity contribution in [2.24, 2.45) is 0 Å². The summed E-state index contributed by atoms with van der Waals surface area (Å²) in [6.45, 7) is 1.60. The number of aliphatic carboxylic acids is 1. The first-order chi connectivity index (χ1) is 10.3. The molecule has 0 amide bonds. The number of carbonyl (C=O) groups is 1. The molecular weight excluding hydrogens is 294 g/mol. The Hall–Kier alpha value is -1.85. The van der Waals surface area contributed by atoms with E-state index in [2.05, 4.69) is 0 Å². The van der Waals surface area contributed by atoms with Crippen LogP contribution in [-0.2, 0) is 16.1 Å². The van der Waals surface area contributed by atoms with Gasteiger partial charge in [-0.15, -0.1) is 0 Å². The lowest BCUT2D eigenvalue weighted by Gasteiger charge is -2.40. The number of carboxylic acid groups (broad SMARTS) is 1. The van der Waals surface area contributed by atoms with Crippen LogP contribution in [0.15, 0.2) is 12.1 Å². The highest BCUT2D eigenvalue weighted by Crippen LogP contribution is 2.51. The monoisotopic (exact) mass is 312 g/mol. The molecule has 4 nitrogen and oxygen atoms in total. The highest BCUT2D eigenvalue weighted by atomic mass is 19.3. The first kappa shape index (κ1) is 15.1. The number of hydrogen-bond acceptors (Lipinski definition) is 3. The lowest BCUT2D eigenvalue weighted by atomic mass is 9.63. The number of carboxylic acids is 1. The molecule has 120 valence electrons. The van der Waals surface area contributed by atoms with Gasteiger partial charge in [-0.05, 0) is 30.5 Å². The third kappa shape index (κ3) is 2.30. The van der Waals surface area contributed by atoms with Crippen molar-refractivity contribution in [3.05, 3.63) is 23.3 Å². The van der Waals surface area contributed by atoms with Crippen molar-refractivity contribution in [2.75, 3.05) is 13.2 Å². The van der Waals surface area contributed by atoms with Gasteiger partial charge in [-0.1, -0.05) is 6.42 Å². The van der Waals surface area contributed by atoms with Crippen molar-refractivity contribution in [2.45, 2.75) is 43.9 Å². The Kier molecular flexibility index (Phi) is 3.50. The minimum absolute atomic E-state index is 0.156. The molecule has 1 aromatic rings. The zero-order valence-electron chi connectivity index (χ0n) is 12.3. The van der Waals surface area contributed by atoms with E-state index in [4.69, 9.17) is 9.47 Å². The predicted molar refractivity (Wildman–Crippen MR) is 74.8 cm³/mol. The Morgan fingerprint density at radius 2 is 1.77 bits per heavy atom. The Morgan fingerprint density at radius 1 is 1.18 bits per heavy atom. The topological polar surface area (TPSA) is 55.8 Å². The number of alkyl halides is 2. The van der Waals surface area contributed by atoms with Crippen molar-refractivity contribution in [3.8, 4) is 11.5 Å². The van der Waals surface area contributed by atoms with Crippen LogP contribution in [0.3, 0.4) is 0 Å². The van der Waals surface area contributed by atoms with E-state index in [9.17, 15) is 18.7 Å². The van der Waals surface area contributed by atoms with E-state index in [1.807, 2.05) is 0 Å². The normalized spacial score (nSPS) is 20.0. The zero-order chi connectivity index (χ0) is 16.0. The van der Waals surface area contributed by atoms with Gasteiger partial charge < -0.3 is 14.6 Å². The quantitative estimate of drug-likeness (QED) is 0.928. The molecule has 0 bridgehead atoms. The van der Waals surface area contributed by atoms with Crippen molar-refractivity contribution in [3.63, 3.8) is 0 Å². The highest BCUT2D eigenvalue weighted by Gasteiger charge is 2.50. The zero-order valence-corrected chi connectivity index (χ0v) is 12.3. The van der Waals surface area contributed by atoms with E-state index in [0.717, 1.165) is 13.3 Å². The second-order valence-electron chi connectivity index (χ2n) is 6.02. The smallest absolute Gasteiger partial charge is 0.314 e. The summed E-state index contributed by atoms with van der Waals surface area (Å²) in [5, 5.41) is 9.57. The van der Waals surface area contributed by atoms with Crippen molar-refractivity contribution in [1.82, 2.24) is 0 Å². The van der Waals surface area contributed by atoms with E-state index < -0.39 is 17.3 Å². The molecule has 3 rings (SSSR count). The number of halogens is 2. The number of rotatable bonds is 3. The number of ether oxygens (including phenoxy) is 2. The Bertz CT molecular complexity index is 603. The maximum absolute atomic E-state index is 14.1. The van der Waals surface area contributed by atoms with Crippen LogP contribution in [0.2, 0.25) is 0 Å². The second-order valence-corrected chi connectivity index (χ2v) is 6.02. The third-order valence-electron chi connectivity index (χ3n) is 4.49. The lowest BCUT2D eigenvalue weighted by molar-refractivity contribution is -0.147. The van der Waals surface area contributed by atoms with Crippen LogP contribution in [0.1, 0.15) is 43.7 Å². The molecule has 1 saturated carbocycles. The van der Waals surface area contributed by atoms with Crippen molar-refractivity contribution < 1.29 is 28.2 Å². The van der Waals surface area contributed by atoms with Crippen LogP contribution in [0.5, 0.6) is 11.5 Å². The van der Waals surface area contributed by atoms with Gasteiger partial charge in [-0.2, -0.15) is 0 Å². The molecule has 0 spiro atoms. The molecule has 6 heteroatoms. The van der Waals surface area contributed by atoms with E-state index >= 15 is 0 Å². The van der Waals surface area contributed by atoms with E-state index in [-0.39, 0.29) is 16.9 Å². The lowest BCUT2D eigenvalue weighted by Crippen LogP contribution is -2.43. The Morgan fingerprint density at radius 3 is 2.23 bits per heavy atom. The summed E-state index contributed by atoms with van der Waals surface area (Å²) in [4.78, 5) is 11.7. The van der Waals surface area contributed by atoms with Gasteiger partial charge in [0, 0.05) is 18.9 Å². The molecule has 0 radical (unpaired) electrons. The summed E-state index contributed by atoms with van der Waals surface area (Å²) in [6.07, 6.45) is 2.11. The standard InChI is InChI=1S/C16H18F2O4/c1-15(17,18)10-8-12-13(22-7-3-6-21-12)9-11(10)16(14(19)20)4-2-5-16/h8-9H,2-7H2,1H3,(H,19,20). The molecule has 0 saturated heterocycles. The first-order valence-electron chi connectivity index (χ1n) is 7.40. The molecule has 1 heterocycles. The second kappa shape index (κ2) is 5.11. The molecule has 1 aliphatic heterocycles. The van der Waals surface area contributed by atoms with Crippen molar-refractivity contribution in [1.29, 1.82) is 0 Å². The Labute approximate surface area is 127 Å². The SMILES string of the molecule is CC(F)(F)c1cc2c(cc1C1(C(=O)O)CCC1)OCCCO2. The fraction of sp³-hybridized carbons (Fsp3) is 0.562. The fourth-order valence-electron chi connectivity index (χ4n) is 3.10. The third-order valence-corrected chi connectivity index (χ3v) is 4.49. The van der Waals surface area contributed by atoms with Crippen LogP contribution >= 0.6 is 0 Å². The molecule has 0 atom stereocenters. The van der Waals surface area contributed by atoms with Gasteiger partial charge in [0.25, 0.3) is 5.92 Å². The van der Waals surface area contributed by atoms with E-state index in [1.165, 1.54) is 12.1 Å². The average Bonchev–Trinajstić information content (AvgIpc) is 2.59. The minimum Gasteiger partial charge on any atom is -0.490 e. The van der Waals surface area contributed by atoms with Crippen LogP contribution in [0.4, 0.5) is 8.78 Å². The molecule has 1 fully saturated rings. The molecular formula is C16H18F2O4. The van der Waals surface area contributed by atoms with Gasteiger partial charge in [-0.3, -0.25) is 4.79 Å². The number of hydrogen-bond donors (Lipinski definition) is 1. The summed E-state index contributed by atoms with van der Waals surface area (Å²) in [7, 11) is 0. The summed E-state index contributed by atoms with van der Waals surface area (Å²) >= 11 is 0. The summed E-state index contributed by atoms with van der Waals surface area (Å²) in [5.74, 6) is -3.58. The summed E-state index contributed by atoms with van der Waals surface area (Å²) < 4.78 is 39.1. The Balaban J connectivity index is 2.19. The van der Waals surface area contributed by atoms with Gasteiger partial charge in [0.1, 0.15) is 0 Å². The van der Waals surface area contributed by atoms with E-state index in [0.29, 0.717) is 38.2 Å². The molecule has 0 unspecified atom stereocenters. The van der Waals surface area contributed by atoms with E-state index in [1.54, 1.807) is 0 Å². The van der Waals surface area contributed by atoms with Gasteiger partial charge in [0.2, 0.25) is 0 Å². The van der Waals surface area contributed by atoms with Crippen LogP contribution in [0, 0.1) is 0 Å². The summed E-state index contributed by atoms with van der Waals surface area (Å²) in [5.41, 5.74) is -1.36. The molecule has 2 aliphatic rings. The predicted octanol–water partition coefficient (Wildman–Crippen LogP) is 3.47. The van der Waals surface area contributed by atoms with Gasteiger partial charge in [0.05, 0.1) is 18.6 Å². The van der Waals surface area contributed by atoms with Crippen LogP contribution < -0.4 is 9.47 Å². The summed E-state index contributed by atoms with van der Waals surface area (Å²) in [6, 6.07) is 2.69. The highest BCUT2D eigenvalue weighted by molar-refractivity contribution is 5.83. The maximum atomic E-state index is 14.1. The molecule has 22 heavy (non-hydrogen) atoms. The largest absolute Gasteiger partial charge is 0.490 e. The van der Waals surface area contributed by atoms with Gasteiger partial charge in [0.15, 0.2) is 11.5 Å². The van der Waals surface area contributed by atoms with Gasteiger partial charge in [-0.25, -0.2) is 8.78 Å². The first-order valence-corrected chi connectivity index (χ1v) is 7.40. The molecule has 1 aromatic carbocycles. The maximum Gasteiger partial charge on any atom is 0.314 e. The average molecular weight is 312 g/mol. The fourth-order valence-corrected chi connectivity index (χ4v) is 3.10.